The highest BCUT2D eigenvalue weighted by Gasteiger charge is 2.40. The monoisotopic (exact) mass is 491 g/mol. The molecule has 2 heterocycles. The van der Waals surface area contributed by atoms with Crippen LogP contribution >= 0.6 is 11.3 Å². The minimum absolute atomic E-state index is 0.160. The van der Waals surface area contributed by atoms with E-state index in [2.05, 4.69) is 15.2 Å². The number of halogens is 3. The maximum atomic E-state index is 13.8. The number of ether oxygens (including phenoxy) is 2. The number of aromatic nitrogens is 1. The third-order valence-corrected chi connectivity index (χ3v) is 6.51. The van der Waals surface area contributed by atoms with Crippen LogP contribution in [0.5, 0.6) is 5.75 Å². The minimum atomic E-state index is -4.75. The second kappa shape index (κ2) is 10.4. The first-order valence-corrected chi connectivity index (χ1v) is 11.6. The molecule has 0 saturated carbocycles. The number of thiazole rings is 1. The van der Waals surface area contributed by atoms with Crippen molar-refractivity contribution in [3.63, 3.8) is 0 Å². The number of anilines is 1. The number of carbonyl (C=O) groups is 1. The standard InChI is InChI=1S/C24H24F3N3O3S/c1-32-17-6-4-5-16(15-17)9-10-28-22(31)20-21(24(25,26)27)29-23(34-20)18-7-2-3-8-19(18)30-11-13-33-14-12-30/h2-8,15H,9-14H2,1H3,(H,28,31). The lowest BCUT2D eigenvalue weighted by Crippen LogP contribution is -2.36. The van der Waals surface area contributed by atoms with Crippen molar-refractivity contribution in [2.45, 2.75) is 12.6 Å². The Balaban J connectivity index is 1.57. The molecule has 0 radical (unpaired) electrons. The molecule has 180 valence electrons. The lowest BCUT2D eigenvalue weighted by Gasteiger charge is -2.30. The highest BCUT2D eigenvalue weighted by Crippen LogP contribution is 2.40. The number of hydrogen-bond donors (Lipinski definition) is 1. The topological polar surface area (TPSA) is 63.7 Å². The van der Waals surface area contributed by atoms with E-state index < -0.39 is 22.7 Å². The fraction of sp³-hybridized carbons (Fsp3) is 0.333. The SMILES string of the molecule is COc1cccc(CCNC(=O)c2sc(-c3ccccc3N3CCOCC3)nc2C(F)(F)F)c1. The fourth-order valence-electron chi connectivity index (χ4n) is 3.74. The summed E-state index contributed by atoms with van der Waals surface area (Å²) in [5, 5.41) is 2.76. The van der Waals surface area contributed by atoms with Crippen molar-refractivity contribution >= 4 is 22.9 Å². The molecule has 34 heavy (non-hydrogen) atoms. The van der Waals surface area contributed by atoms with E-state index in [0.717, 1.165) is 22.6 Å². The molecule has 6 nitrogen and oxygen atoms in total. The van der Waals surface area contributed by atoms with Crippen LogP contribution in [-0.2, 0) is 17.3 Å². The van der Waals surface area contributed by atoms with Gasteiger partial charge in [0.1, 0.15) is 15.6 Å². The Kier molecular flexibility index (Phi) is 7.38. The van der Waals surface area contributed by atoms with E-state index in [0.29, 0.717) is 44.0 Å². The third kappa shape index (κ3) is 5.51. The average molecular weight is 492 g/mol. The summed E-state index contributed by atoms with van der Waals surface area (Å²) in [5.41, 5.74) is 1.08. The van der Waals surface area contributed by atoms with E-state index in [4.69, 9.17) is 9.47 Å². The van der Waals surface area contributed by atoms with Gasteiger partial charge in [0, 0.05) is 30.9 Å². The largest absolute Gasteiger partial charge is 0.497 e. The van der Waals surface area contributed by atoms with Gasteiger partial charge in [-0.1, -0.05) is 24.3 Å². The Labute approximate surface area is 199 Å². The molecule has 1 saturated heterocycles. The molecule has 3 aromatic rings. The Morgan fingerprint density at radius 1 is 1.18 bits per heavy atom. The predicted molar refractivity (Wildman–Crippen MR) is 125 cm³/mol. The summed E-state index contributed by atoms with van der Waals surface area (Å²) < 4.78 is 51.9. The Morgan fingerprint density at radius 2 is 1.94 bits per heavy atom. The van der Waals surface area contributed by atoms with Crippen LogP contribution in [0.1, 0.15) is 20.9 Å². The number of hydrogen-bond acceptors (Lipinski definition) is 6. The zero-order chi connectivity index (χ0) is 24.1. The molecule has 4 rings (SSSR count). The van der Waals surface area contributed by atoms with Crippen molar-refractivity contribution in [3.05, 3.63) is 64.7 Å². The molecule has 0 aliphatic carbocycles. The van der Waals surface area contributed by atoms with Gasteiger partial charge in [0.2, 0.25) is 0 Å². The number of rotatable bonds is 7. The summed E-state index contributed by atoms with van der Waals surface area (Å²) in [5.74, 6) is -0.114. The van der Waals surface area contributed by atoms with Gasteiger partial charge in [-0.3, -0.25) is 4.79 Å². The molecule has 2 aromatic carbocycles. The van der Waals surface area contributed by atoms with Crippen molar-refractivity contribution in [1.29, 1.82) is 0 Å². The van der Waals surface area contributed by atoms with E-state index in [1.54, 1.807) is 25.3 Å². The molecule has 0 bridgehead atoms. The summed E-state index contributed by atoms with van der Waals surface area (Å²) >= 11 is 0.757. The van der Waals surface area contributed by atoms with Crippen molar-refractivity contribution in [2.75, 3.05) is 44.9 Å². The minimum Gasteiger partial charge on any atom is -0.497 e. The summed E-state index contributed by atoms with van der Waals surface area (Å²) in [6.07, 6.45) is -4.29. The summed E-state index contributed by atoms with van der Waals surface area (Å²) in [4.78, 5) is 18.3. The molecule has 1 aliphatic rings. The average Bonchev–Trinajstić information content (AvgIpc) is 3.31. The molecular weight excluding hydrogens is 467 g/mol. The molecule has 10 heteroatoms. The zero-order valence-electron chi connectivity index (χ0n) is 18.5. The lowest BCUT2D eigenvalue weighted by atomic mass is 10.1. The first-order valence-electron chi connectivity index (χ1n) is 10.8. The smallest absolute Gasteiger partial charge is 0.435 e. The molecule has 0 unspecified atom stereocenters. The molecule has 0 spiro atoms. The molecule has 0 atom stereocenters. The van der Waals surface area contributed by atoms with Gasteiger partial charge in [-0.2, -0.15) is 13.2 Å². The number of methoxy groups -OCH3 is 1. The highest BCUT2D eigenvalue weighted by molar-refractivity contribution is 7.17. The van der Waals surface area contributed by atoms with Crippen molar-refractivity contribution < 1.29 is 27.4 Å². The van der Waals surface area contributed by atoms with Gasteiger partial charge in [-0.15, -0.1) is 11.3 Å². The number of amides is 1. The van der Waals surface area contributed by atoms with Gasteiger partial charge >= 0.3 is 6.18 Å². The number of nitrogens with zero attached hydrogens (tertiary/aromatic N) is 2. The van der Waals surface area contributed by atoms with Crippen LogP contribution in [0, 0.1) is 0 Å². The number of nitrogens with one attached hydrogen (secondary N) is 1. The van der Waals surface area contributed by atoms with Crippen molar-refractivity contribution in [1.82, 2.24) is 10.3 Å². The lowest BCUT2D eigenvalue weighted by molar-refractivity contribution is -0.141. The molecule has 1 N–H and O–H groups in total. The molecule has 1 aromatic heterocycles. The first kappa shape index (κ1) is 24.0. The number of alkyl halides is 3. The van der Waals surface area contributed by atoms with Crippen molar-refractivity contribution in [3.8, 4) is 16.3 Å². The quantitative estimate of drug-likeness (QED) is 0.522. The van der Waals surface area contributed by atoms with E-state index >= 15 is 0 Å². The van der Waals surface area contributed by atoms with Gasteiger partial charge in [-0.25, -0.2) is 4.98 Å². The first-order chi connectivity index (χ1) is 16.4. The molecule has 1 amide bonds. The van der Waals surface area contributed by atoms with Crippen LogP contribution < -0.4 is 15.0 Å². The maximum Gasteiger partial charge on any atom is 0.435 e. The van der Waals surface area contributed by atoms with Crippen LogP contribution in [0.3, 0.4) is 0 Å². The van der Waals surface area contributed by atoms with Gasteiger partial charge in [0.25, 0.3) is 5.91 Å². The zero-order valence-corrected chi connectivity index (χ0v) is 19.3. The van der Waals surface area contributed by atoms with E-state index in [1.165, 1.54) is 0 Å². The summed E-state index contributed by atoms with van der Waals surface area (Å²) in [6, 6.07) is 14.5. The second-order valence-electron chi connectivity index (χ2n) is 7.67. The Hall–Kier alpha value is -3.11. The van der Waals surface area contributed by atoms with Crippen LogP contribution in [0.15, 0.2) is 48.5 Å². The van der Waals surface area contributed by atoms with Crippen molar-refractivity contribution in [2.24, 2.45) is 0 Å². The number of benzene rings is 2. The van der Waals surface area contributed by atoms with E-state index in [1.807, 2.05) is 30.3 Å². The summed E-state index contributed by atoms with van der Waals surface area (Å²) in [6.45, 7) is 2.53. The van der Waals surface area contributed by atoms with Gasteiger partial charge in [0.15, 0.2) is 5.69 Å². The predicted octanol–water partition coefficient (Wildman–Crippen LogP) is 4.65. The molecular formula is C24H24F3N3O3S. The van der Waals surface area contributed by atoms with Crippen LogP contribution in [0.2, 0.25) is 0 Å². The second-order valence-corrected chi connectivity index (χ2v) is 8.67. The van der Waals surface area contributed by atoms with Gasteiger partial charge < -0.3 is 19.7 Å². The molecule has 1 fully saturated rings. The van der Waals surface area contributed by atoms with Crippen LogP contribution in [-0.4, -0.2) is 50.8 Å². The highest BCUT2D eigenvalue weighted by atomic mass is 32.1. The van der Waals surface area contributed by atoms with Crippen LogP contribution in [0.4, 0.5) is 18.9 Å². The van der Waals surface area contributed by atoms with Gasteiger partial charge in [-0.05, 0) is 36.2 Å². The maximum absolute atomic E-state index is 13.8. The number of morpholine rings is 1. The Bertz CT molecular complexity index is 1140. The number of carbonyl (C=O) groups excluding carboxylic acids is 1. The van der Waals surface area contributed by atoms with Crippen LogP contribution in [0.25, 0.3) is 10.6 Å². The van der Waals surface area contributed by atoms with Gasteiger partial charge in [0.05, 0.1) is 20.3 Å². The summed E-state index contributed by atoms with van der Waals surface area (Å²) in [7, 11) is 1.55. The fourth-order valence-corrected chi connectivity index (χ4v) is 4.78. The third-order valence-electron chi connectivity index (χ3n) is 5.42. The number of para-hydroxylation sites is 1. The van der Waals surface area contributed by atoms with E-state index in [9.17, 15) is 18.0 Å². The Morgan fingerprint density at radius 3 is 2.68 bits per heavy atom. The normalized spacial score (nSPS) is 14.2. The van der Waals surface area contributed by atoms with E-state index in [-0.39, 0.29) is 11.6 Å². The molecule has 1 aliphatic heterocycles.